The summed E-state index contributed by atoms with van der Waals surface area (Å²) >= 11 is 6.14. The molecule has 1 atom stereocenters. The molecule has 0 bridgehead atoms. The number of hydrogen-bond acceptors (Lipinski definition) is 4. The van der Waals surface area contributed by atoms with Gasteiger partial charge >= 0.3 is 0 Å². The molecule has 2 aromatic rings. The highest BCUT2D eigenvalue weighted by atomic mass is 35.5. The number of rotatable bonds is 3. The Balaban J connectivity index is 1.95. The molecule has 0 amide bonds. The lowest BCUT2D eigenvalue weighted by atomic mass is 10.1. The molecule has 1 aromatic heterocycles. The lowest BCUT2D eigenvalue weighted by Gasteiger charge is -2.28. The van der Waals surface area contributed by atoms with Crippen LogP contribution in [0.4, 0.5) is 5.95 Å². The Morgan fingerprint density at radius 2 is 2.00 bits per heavy atom. The first-order valence-electron chi connectivity index (χ1n) is 7.06. The van der Waals surface area contributed by atoms with E-state index in [1.165, 1.54) is 12.8 Å². The first-order valence-corrected chi connectivity index (χ1v) is 7.60. The van der Waals surface area contributed by atoms with Crippen molar-refractivity contribution < 1.29 is 0 Å². The summed E-state index contributed by atoms with van der Waals surface area (Å²) in [6, 6.07) is 10.3. The zero-order valence-corrected chi connectivity index (χ0v) is 12.1. The van der Waals surface area contributed by atoms with Crippen molar-refractivity contribution in [2.45, 2.75) is 31.7 Å². The summed E-state index contributed by atoms with van der Waals surface area (Å²) in [7, 11) is 0. The van der Waals surface area contributed by atoms with E-state index in [9.17, 15) is 0 Å². The topological polar surface area (TPSA) is 46.8 Å². The maximum atomic E-state index is 6.14. The van der Waals surface area contributed by atoms with E-state index in [1.54, 1.807) is 4.68 Å². The van der Waals surface area contributed by atoms with Crippen LogP contribution in [0.5, 0.6) is 0 Å². The number of aromatic nitrogens is 4. The Morgan fingerprint density at radius 1 is 1.15 bits per heavy atom. The van der Waals surface area contributed by atoms with Crippen LogP contribution in [0.2, 0.25) is 0 Å². The van der Waals surface area contributed by atoms with E-state index in [0.717, 1.165) is 31.0 Å². The van der Waals surface area contributed by atoms with Gasteiger partial charge in [-0.1, -0.05) is 36.1 Å². The quantitative estimate of drug-likeness (QED) is 0.816. The Hall–Kier alpha value is -1.62. The molecule has 1 aliphatic heterocycles. The number of para-hydroxylation sites is 1. The zero-order valence-electron chi connectivity index (χ0n) is 11.3. The van der Waals surface area contributed by atoms with Gasteiger partial charge in [-0.05, 0) is 35.4 Å². The number of alkyl halides is 1. The highest BCUT2D eigenvalue weighted by Crippen LogP contribution is 2.24. The molecule has 1 aliphatic rings. The maximum absolute atomic E-state index is 6.14. The van der Waals surface area contributed by atoms with Crippen LogP contribution in [0, 0.1) is 0 Å². The highest BCUT2D eigenvalue weighted by molar-refractivity contribution is 6.18. The predicted molar refractivity (Wildman–Crippen MR) is 79.5 cm³/mol. The first-order chi connectivity index (χ1) is 9.90. The summed E-state index contributed by atoms with van der Waals surface area (Å²) in [4.78, 5) is 2.26. The number of hydrogen-bond donors (Lipinski definition) is 0. The van der Waals surface area contributed by atoms with Crippen LogP contribution >= 0.6 is 11.6 Å². The Bertz CT molecular complexity index is 542. The molecule has 1 aromatic carbocycles. The molecule has 0 N–H and O–H groups in total. The van der Waals surface area contributed by atoms with Crippen LogP contribution in [0.25, 0.3) is 5.69 Å². The normalized spacial score (nSPS) is 19.9. The van der Waals surface area contributed by atoms with Gasteiger partial charge in [0, 0.05) is 18.5 Å². The molecule has 3 rings (SSSR count). The molecule has 1 saturated heterocycles. The molecular formula is C14H18ClN5. The average molecular weight is 292 g/mol. The van der Waals surface area contributed by atoms with Crippen molar-refractivity contribution in [3.05, 3.63) is 30.3 Å². The second-order valence-electron chi connectivity index (χ2n) is 5.08. The molecular weight excluding hydrogens is 274 g/mol. The lowest BCUT2D eigenvalue weighted by Crippen LogP contribution is -2.38. The van der Waals surface area contributed by atoms with Gasteiger partial charge < -0.3 is 4.90 Å². The van der Waals surface area contributed by atoms with Crippen LogP contribution < -0.4 is 4.90 Å². The van der Waals surface area contributed by atoms with E-state index in [-0.39, 0.29) is 0 Å². The largest absolute Gasteiger partial charge is 0.335 e. The fraction of sp³-hybridized carbons (Fsp3) is 0.500. The van der Waals surface area contributed by atoms with Crippen LogP contribution in [-0.4, -0.2) is 38.7 Å². The monoisotopic (exact) mass is 291 g/mol. The maximum Gasteiger partial charge on any atom is 0.250 e. The summed E-state index contributed by atoms with van der Waals surface area (Å²) in [5, 5.41) is 12.2. The minimum Gasteiger partial charge on any atom is -0.335 e. The summed E-state index contributed by atoms with van der Waals surface area (Å²) in [6.07, 6.45) is 4.73. The molecule has 20 heavy (non-hydrogen) atoms. The smallest absolute Gasteiger partial charge is 0.250 e. The van der Waals surface area contributed by atoms with Crippen LogP contribution in [0.15, 0.2) is 30.3 Å². The van der Waals surface area contributed by atoms with E-state index >= 15 is 0 Å². The van der Waals surface area contributed by atoms with Gasteiger partial charge in [0.1, 0.15) is 0 Å². The van der Waals surface area contributed by atoms with Crippen molar-refractivity contribution in [2.75, 3.05) is 17.3 Å². The van der Waals surface area contributed by atoms with Crippen LogP contribution in [0.3, 0.4) is 0 Å². The fourth-order valence-corrected chi connectivity index (χ4v) is 3.02. The van der Waals surface area contributed by atoms with Crippen molar-refractivity contribution in [2.24, 2.45) is 0 Å². The fourth-order valence-electron chi connectivity index (χ4n) is 2.70. The number of tetrazole rings is 1. The lowest BCUT2D eigenvalue weighted by molar-refractivity contribution is 0.603. The zero-order chi connectivity index (χ0) is 13.8. The molecule has 6 heteroatoms. The Morgan fingerprint density at radius 3 is 2.80 bits per heavy atom. The molecule has 5 nitrogen and oxygen atoms in total. The van der Waals surface area contributed by atoms with Gasteiger partial charge in [0.25, 0.3) is 5.95 Å². The minimum atomic E-state index is 0.313. The van der Waals surface area contributed by atoms with Gasteiger partial charge in [0.15, 0.2) is 0 Å². The van der Waals surface area contributed by atoms with Crippen molar-refractivity contribution in [3.8, 4) is 5.69 Å². The van der Waals surface area contributed by atoms with Crippen molar-refractivity contribution in [3.63, 3.8) is 0 Å². The summed E-state index contributed by atoms with van der Waals surface area (Å²) < 4.78 is 1.80. The second kappa shape index (κ2) is 6.22. The van der Waals surface area contributed by atoms with Gasteiger partial charge in [0.05, 0.1) is 5.69 Å². The van der Waals surface area contributed by atoms with Gasteiger partial charge in [-0.25, -0.2) is 0 Å². The van der Waals surface area contributed by atoms with Crippen LogP contribution in [0.1, 0.15) is 25.7 Å². The number of nitrogens with zero attached hydrogens (tertiary/aromatic N) is 5. The van der Waals surface area contributed by atoms with Gasteiger partial charge in [0.2, 0.25) is 0 Å². The van der Waals surface area contributed by atoms with Crippen molar-refractivity contribution in [1.82, 2.24) is 20.2 Å². The van der Waals surface area contributed by atoms with Gasteiger partial charge in [-0.2, -0.15) is 4.68 Å². The third-order valence-corrected chi connectivity index (χ3v) is 4.12. The van der Waals surface area contributed by atoms with E-state index in [4.69, 9.17) is 11.6 Å². The molecule has 1 fully saturated rings. The van der Waals surface area contributed by atoms with E-state index in [0.29, 0.717) is 11.9 Å². The van der Waals surface area contributed by atoms with E-state index in [1.807, 2.05) is 30.3 Å². The van der Waals surface area contributed by atoms with E-state index in [2.05, 4.69) is 20.4 Å². The molecule has 1 unspecified atom stereocenters. The number of halogens is 1. The Labute approximate surface area is 123 Å². The summed E-state index contributed by atoms with van der Waals surface area (Å²) in [6.45, 7) is 0.963. The second-order valence-corrected chi connectivity index (χ2v) is 5.39. The first kappa shape index (κ1) is 13.4. The predicted octanol–water partition coefficient (Wildman–Crippen LogP) is 2.65. The van der Waals surface area contributed by atoms with E-state index < -0.39 is 0 Å². The molecule has 2 heterocycles. The van der Waals surface area contributed by atoms with Crippen LogP contribution in [-0.2, 0) is 0 Å². The SMILES string of the molecule is ClCC1CCCCCN1c1nnnn1-c1ccccc1. The highest BCUT2D eigenvalue weighted by Gasteiger charge is 2.25. The molecule has 0 spiro atoms. The van der Waals surface area contributed by atoms with Crippen molar-refractivity contribution >= 4 is 17.5 Å². The average Bonchev–Trinajstić information content (AvgIpc) is 2.86. The molecule has 0 saturated carbocycles. The third kappa shape index (κ3) is 2.63. The molecule has 106 valence electrons. The summed E-state index contributed by atoms with van der Waals surface area (Å²) in [5.41, 5.74) is 0.977. The third-order valence-electron chi connectivity index (χ3n) is 3.77. The molecule has 0 aliphatic carbocycles. The van der Waals surface area contributed by atoms with Gasteiger partial charge in [-0.3, -0.25) is 0 Å². The number of anilines is 1. The minimum absolute atomic E-state index is 0.313. The van der Waals surface area contributed by atoms with Crippen molar-refractivity contribution in [1.29, 1.82) is 0 Å². The Kier molecular flexibility index (Phi) is 4.16. The number of benzene rings is 1. The summed E-state index contributed by atoms with van der Waals surface area (Å²) in [5.74, 6) is 1.41. The molecule has 0 radical (unpaired) electrons. The standard InChI is InChI=1S/C14H18ClN5/c15-11-13-9-5-2-6-10-19(13)14-16-17-18-20(14)12-7-3-1-4-8-12/h1,3-4,7-8,13H,2,5-6,9-11H2. The van der Waals surface area contributed by atoms with Gasteiger partial charge in [-0.15, -0.1) is 11.6 Å².